The highest BCUT2D eigenvalue weighted by Gasteiger charge is 2.39. The number of carbonyl (C=O) groups excluding carboxylic acids is 1. The zero-order chi connectivity index (χ0) is 22.2. The Morgan fingerprint density at radius 3 is 2.19 bits per heavy atom. The second-order valence-corrected chi connectivity index (χ2v) is 8.64. The molecule has 0 spiro atoms. The van der Waals surface area contributed by atoms with Gasteiger partial charge in [0.15, 0.2) is 0 Å². The molecule has 2 aliphatic heterocycles. The van der Waals surface area contributed by atoms with Crippen LogP contribution in [0.15, 0.2) is 60.9 Å². The largest absolute Gasteiger partial charge is 0.349 e. The van der Waals surface area contributed by atoms with Crippen LogP contribution in [0.2, 0.25) is 5.02 Å². The number of likely N-dealkylation sites (N-methyl/N-ethyl adjacent to an activating group) is 1. The number of hydrogen-bond acceptors (Lipinski definition) is 6. The molecule has 1 aromatic heterocycles. The molecule has 0 aliphatic carbocycles. The molecule has 0 bridgehead atoms. The topological polar surface area (TPSA) is 55.8 Å². The van der Waals surface area contributed by atoms with Crippen LogP contribution in [0.5, 0.6) is 0 Å². The maximum absolute atomic E-state index is 13.6. The van der Waals surface area contributed by atoms with Gasteiger partial charge in [0.1, 0.15) is 6.17 Å². The molecule has 32 heavy (non-hydrogen) atoms. The summed E-state index contributed by atoms with van der Waals surface area (Å²) in [5.74, 6) is 0.622. The van der Waals surface area contributed by atoms with Crippen molar-refractivity contribution >= 4 is 34.8 Å². The number of para-hydroxylation sites is 2. The molecular formula is C24H25ClN6O. The highest BCUT2D eigenvalue weighted by Crippen LogP contribution is 2.42. The summed E-state index contributed by atoms with van der Waals surface area (Å²) in [5.41, 5.74) is 3.00. The monoisotopic (exact) mass is 448 g/mol. The van der Waals surface area contributed by atoms with Crippen LogP contribution in [0.3, 0.4) is 0 Å². The Balaban J connectivity index is 1.55. The number of nitrogens with zero attached hydrogens (tertiary/aromatic N) is 6. The first-order chi connectivity index (χ1) is 15.5. The summed E-state index contributed by atoms with van der Waals surface area (Å²) >= 11 is 6.53. The van der Waals surface area contributed by atoms with E-state index >= 15 is 0 Å². The number of benzene rings is 2. The normalized spacial score (nSPS) is 19.3. The quantitative estimate of drug-likeness (QED) is 0.609. The maximum Gasteiger partial charge on any atom is 0.262 e. The summed E-state index contributed by atoms with van der Waals surface area (Å²) in [6.45, 7) is 3.78. The molecule has 1 fully saturated rings. The number of carbonyl (C=O) groups is 1. The smallest absolute Gasteiger partial charge is 0.262 e. The molecule has 3 heterocycles. The summed E-state index contributed by atoms with van der Waals surface area (Å²) in [7, 11) is 4.10. The fourth-order valence-electron chi connectivity index (χ4n) is 4.40. The summed E-state index contributed by atoms with van der Waals surface area (Å²) < 4.78 is 0. The van der Waals surface area contributed by atoms with Crippen LogP contribution in [0.25, 0.3) is 0 Å². The lowest BCUT2D eigenvalue weighted by molar-refractivity contribution is 0.0969. The third-order valence-electron chi connectivity index (χ3n) is 6.20. The van der Waals surface area contributed by atoms with Crippen molar-refractivity contribution in [1.82, 2.24) is 14.9 Å². The predicted molar refractivity (Wildman–Crippen MR) is 128 cm³/mol. The van der Waals surface area contributed by atoms with E-state index in [2.05, 4.69) is 31.7 Å². The molecule has 164 valence electrons. The van der Waals surface area contributed by atoms with Gasteiger partial charge in [0.25, 0.3) is 5.91 Å². The molecule has 0 saturated carbocycles. The Hall–Kier alpha value is -3.16. The molecule has 1 atom stereocenters. The standard InChI is InChI=1S/C24H25ClN6O/c1-28-11-13-30(14-12-28)24-26-15-17(16-27-24)22-29(2)20-9-5-3-7-18(20)23(32)31(22)21-10-6-4-8-19(21)25/h3-10,15-16,22H,11-14H2,1-2H3. The molecule has 0 N–H and O–H groups in total. The Morgan fingerprint density at radius 2 is 1.50 bits per heavy atom. The second kappa shape index (κ2) is 8.41. The fourth-order valence-corrected chi connectivity index (χ4v) is 4.63. The predicted octanol–water partition coefficient (Wildman–Crippen LogP) is 3.68. The van der Waals surface area contributed by atoms with Crippen molar-refractivity contribution in [2.24, 2.45) is 0 Å². The van der Waals surface area contributed by atoms with Gasteiger partial charge in [-0.1, -0.05) is 35.9 Å². The van der Waals surface area contributed by atoms with Crippen molar-refractivity contribution in [1.29, 1.82) is 0 Å². The molecule has 2 aliphatic rings. The molecule has 1 amide bonds. The zero-order valence-electron chi connectivity index (χ0n) is 18.1. The fraction of sp³-hybridized carbons (Fsp3) is 0.292. The Kier molecular flexibility index (Phi) is 5.45. The number of hydrogen-bond donors (Lipinski definition) is 0. The van der Waals surface area contributed by atoms with Crippen LogP contribution in [-0.4, -0.2) is 61.0 Å². The van der Waals surface area contributed by atoms with Gasteiger partial charge in [-0.05, 0) is 31.3 Å². The number of anilines is 3. The number of aromatic nitrogens is 2. The van der Waals surface area contributed by atoms with Crippen molar-refractivity contribution in [3.63, 3.8) is 0 Å². The van der Waals surface area contributed by atoms with E-state index in [1.807, 2.05) is 61.9 Å². The number of amides is 1. The van der Waals surface area contributed by atoms with Gasteiger partial charge >= 0.3 is 0 Å². The van der Waals surface area contributed by atoms with Gasteiger partial charge < -0.3 is 14.7 Å². The minimum atomic E-state index is -0.418. The molecule has 3 aromatic rings. The molecule has 0 radical (unpaired) electrons. The molecule has 7 nitrogen and oxygen atoms in total. The third-order valence-corrected chi connectivity index (χ3v) is 6.52. The van der Waals surface area contributed by atoms with Crippen molar-refractivity contribution < 1.29 is 4.79 Å². The molecule has 1 unspecified atom stereocenters. The van der Waals surface area contributed by atoms with Gasteiger partial charge in [-0.2, -0.15) is 0 Å². The Bertz CT molecular complexity index is 1130. The number of halogens is 1. The maximum atomic E-state index is 13.6. The van der Waals surface area contributed by atoms with E-state index in [4.69, 9.17) is 11.6 Å². The van der Waals surface area contributed by atoms with Gasteiger partial charge in [0, 0.05) is 51.2 Å². The van der Waals surface area contributed by atoms with Gasteiger partial charge in [0.05, 0.1) is 22.0 Å². The van der Waals surface area contributed by atoms with E-state index in [0.29, 0.717) is 16.3 Å². The van der Waals surface area contributed by atoms with Crippen LogP contribution >= 0.6 is 11.6 Å². The summed E-state index contributed by atoms with van der Waals surface area (Å²) in [5, 5.41) is 0.522. The molecule has 5 rings (SSSR count). The highest BCUT2D eigenvalue weighted by atomic mass is 35.5. The van der Waals surface area contributed by atoms with Crippen molar-refractivity contribution in [2.75, 3.05) is 55.0 Å². The van der Waals surface area contributed by atoms with E-state index in [1.54, 1.807) is 11.0 Å². The second-order valence-electron chi connectivity index (χ2n) is 8.24. The summed E-state index contributed by atoms with van der Waals surface area (Å²) in [6, 6.07) is 15.1. The number of piperazine rings is 1. The molecule has 1 saturated heterocycles. The summed E-state index contributed by atoms with van der Waals surface area (Å²) in [4.78, 5) is 31.3. The number of rotatable bonds is 3. The van der Waals surface area contributed by atoms with E-state index < -0.39 is 6.17 Å². The first kappa shape index (κ1) is 20.7. The van der Waals surface area contributed by atoms with Gasteiger partial charge in [-0.25, -0.2) is 9.97 Å². The molecular weight excluding hydrogens is 424 g/mol. The van der Waals surface area contributed by atoms with Gasteiger partial charge in [0.2, 0.25) is 5.95 Å². The Labute approximate surface area is 192 Å². The highest BCUT2D eigenvalue weighted by molar-refractivity contribution is 6.34. The van der Waals surface area contributed by atoms with Crippen molar-refractivity contribution in [3.05, 3.63) is 77.1 Å². The van der Waals surface area contributed by atoms with Crippen molar-refractivity contribution in [2.45, 2.75) is 6.17 Å². The van der Waals surface area contributed by atoms with E-state index in [-0.39, 0.29) is 5.91 Å². The first-order valence-corrected chi connectivity index (χ1v) is 11.1. The SMILES string of the molecule is CN1CCN(c2ncc(C3N(C)c4ccccc4C(=O)N3c3ccccc3Cl)cn2)CC1. The van der Waals surface area contributed by atoms with E-state index in [0.717, 1.165) is 43.4 Å². The average molecular weight is 449 g/mol. The average Bonchev–Trinajstić information content (AvgIpc) is 2.83. The van der Waals surface area contributed by atoms with Crippen LogP contribution in [0, 0.1) is 0 Å². The zero-order valence-corrected chi connectivity index (χ0v) is 18.9. The molecule has 2 aromatic carbocycles. The Morgan fingerprint density at radius 1 is 0.875 bits per heavy atom. The van der Waals surface area contributed by atoms with Crippen LogP contribution in [0.1, 0.15) is 22.1 Å². The summed E-state index contributed by atoms with van der Waals surface area (Å²) in [6.07, 6.45) is 3.23. The lowest BCUT2D eigenvalue weighted by Gasteiger charge is -2.44. The van der Waals surface area contributed by atoms with Crippen LogP contribution < -0.4 is 14.7 Å². The van der Waals surface area contributed by atoms with Gasteiger partial charge in [-0.15, -0.1) is 0 Å². The van der Waals surface area contributed by atoms with Crippen LogP contribution in [-0.2, 0) is 0 Å². The van der Waals surface area contributed by atoms with Gasteiger partial charge in [-0.3, -0.25) is 9.69 Å². The number of fused-ring (bicyclic) bond motifs is 1. The minimum Gasteiger partial charge on any atom is -0.349 e. The lowest BCUT2D eigenvalue weighted by atomic mass is 10.0. The van der Waals surface area contributed by atoms with E-state index in [9.17, 15) is 4.79 Å². The van der Waals surface area contributed by atoms with E-state index in [1.165, 1.54) is 0 Å². The minimum absolute atomic E-state index is 0.0973. The molecule has 8 heteroatoms. The lowest BCUT2D eigenvalue weighted by Crippen LogP contribution is -2.48. The third kappa shape index (κ3) is 3.57. The van der Waals surface area contributed by atoms with Crippen LogP contribution in [0.4, 0.5) is 17.3 Å². The first-order valence-electron chi connectivity index (χ1n) is 10.7. The van der Waals surface area contributed by atoms with Crippen molar-refractivity contribution in [3.8, 4) is 0 Å².